The Morgan fingerprint density at radius 2 is 2.11 bits per heavy atom. The molecule has 0 bridgehead atoms. The van der Waals surface area contributed by atoms with Gasteiger partial charge in [0.15, 0.2) is 0 Å². The summed E-state index contributed by atoms with van der Waals surface area (Å²) in [7, 11) is 0. The highest BCUT2D eigenvalue weighted by Gasteiger charge is 2.11. The fraction of sp³-hybridized carbons (Fsp3) is 0.0714. The molecule has 0 saturated heterocycles. The molecule has 1 aromatic carbocycles. The number of fused-ring (bicyclic) bond motifs is 1. The highest BCUT2D eigenvalue weighted by atomic mass is 35.5. The molecule has 3 aromatic rings. The molecule has 0 fully saturated rings. The molecule has 0 spiro atoms. The summed E-state index contributed by atoms with van der Waals surface area (Å²) in [6, 6.07) is 11.0. The summed E-state index contributed by atoms with van der Waals surface area (Å²) < 4.78 is 2.79. The lowest BCUT2D eigenvalue weighted by atomic mass is 10.1. The van der Waals surface area contributed by atoms with Crippen molar-refractivity contribution < 1.29 is 9.90 Å². The normalized spacial score (nSPS) is 11.0. The van der Waals surface area contributed by atoms with Crippen molar-refractivity contribution >= 4 is 39.8 Å². The molecule has 3 nitrogen and oxygen atoms in total. The van der Waals surface area contributed by atoms with Crippen LogP contribution in [0.15, 0.2) is 42.6 Å². The predicted octanol–water partition coefficient (Wildman–Crippen LogP) is 4.10. The monoisotopic (exact) mass is 291 g/mol. The molecule has 0 aliphatic rings. The molecular weight excluding hydrogens is 282 g/mol. The minimum absolute atomic E-state index is 0.334. The van der Waals surface area contributed by atoms with E-state index in [4.69, 9.17) is 16.7 Å². The quantitative estimate of drug-likeness (QED) is 0.789. The van der Waals surface area contributed by atoms with Crippen molar-refractivity contribution in [3.8, 4) is 0 Å². The molecule has 5 heteroatoms. The van der Waals surface area contributed by atoms with E-state index in [9.17, 15) is 4.79 Å². The molecule has 0 unspecified atom stereocenters. The van der Waals surface area contributed by atoms with Gasteiger partial charge in [0.05, 0.1) is 16.4 Å². The second-order valence-electron chi connectivity index (χ2n) is 4.19. The van der Waals surface area contributed by atoms with E-state index in [0.29, 0.717) is 12.1 Å². The number of rotatable bonds is 3. The van der Waals surface area contributed by atoms with Crippen molar-refractivity contribution in [2.45, 2.75) is 6.54 Å². The van der Waals surface area contributed by atoms with Gasteiger partial charge in [-0.05, 0) is 30.3 Å². The number of carboxylic acids is 1. The van der Waals surface area contributed by atoms with Crippen LogP contribution < -0.4 is 0 Å². The van der Waals surface area contributed by atoms with Gasteiger partial charge in [0.2, 0.25) is 0 Å². The number of halogens is 1. The summed E-state index contributed by atoms with van der Waals surface area (Å²) in [5.41, 5.74) is 1.25. The first kappa shape index (κ1) is 12.3. The van der Waals surface area contributed by atoms with Gasteiger partial charge < -0.3 is 9.67 Å². The van der Waals surface area contributed by atoms with E-state index in [-0.39, 0.29) is 0 Å². The molecule has 2 heterocycles. The highest BCUT2D eigenvalue weighted by Crippen LogP contribution is 2.25. The van der Waals surface area contributed by atoms with Gasteiger partial charge in [-0.15, -0.1) is 11.3 Å². The van der Waals surface area contributed by atoms with Crippen LogP contribution >= 0.6 is 22.9 Å². The summed E-state index contributed by atoms with van der Waals surface area (Å²) in [6.07, 6.45) is 1.91. The Morgan fingerprint density at radius 3 is 2.79 bits per heavy atom. The van der Waals surface area contributed by atoms with Gasteiger partial charge in [-0.1, -0.05) is 17.7 Å². The third-order valence-corrected chi connectivity index (χ3v) is 4.22. The minimum Gasteiger partial charge on any atom is -0.478 e. The third kappa shape index (κ3) is 2.25. The van der Waals surface area contributed by atoms with Gasteiger partial charge in [0.1, 0.15) is 0 Å². The van der Waals surface area contributed by atoms with Crippen LogP contribution in [0.3, 0.4) is 0 Å². The molecule has 19 heavy (non-hydrogen) atoms. The molecular formula is C14H10ClNO2S. The van der Waals surface area contributed by atoms with Crippen molar-refractivity contribution in [3.05, 3.63) is 57.4 Å². The number of aromatic nitrogens is 1. The second-order valence-corrected chi connectivity index (χ2v) is 5.99. The van der Waals surface area contributed by atoms with Crippen LogP contribution in [0.25, 0.3) is 10.9 Å². The average molecular weight is 292 g/mol. The van der Waals surface area contributed by atoms with E-state index in [2.05, 4.69) is 0 Å². The zero-order valence-electron chi connectivity index (χ0n) is 9.84. The third-order valence-electron chi connectivity index (χ3n) is 3.00. The van der Waals surface area contributed by atoms with E-state index in [0.717, 1.165) is 20.1 Å². The Labute approximate surface area is 118 Å². The van der Waals surface area contributed by atoms with Crippen LogP contribution in [0.2, 0.25) is 4.34 Å². The fourth-order valence-electron chi connectivity index (χ4n) is 2.15. The SMILES string of the molecule is O=C(O)c1cccc2c1ccn2Cc1ccc(Cl)s1. The van der Waals surface area contributed by atoms with E-state index in [1.54, 1.807) is 12.1 Å². The van der Waals surface area contributed by atoms with Crippen molar-refractivity contribution in [1.29, 1.82) is 0 Å². The van der Waals surface area contributed by atoms with Crippen LogP contribution in [0.1, 0.15) is 15.2 Å². The molecule has 0 amide bonds. The van der Waals surface area contributed by atoms with Crippen molar-refractivity contribution in [2.75, 3.05) is 0 Å². The van der Waals surface area contributed by atoms with Gasteiger partial charge in [-0.2, -0.15) is 0 Å². The maximum atomic E-state index is 11.2. The smallest absolute Gasteiger partial charge is 0.336 e. The van der Waals surface area contributed by atoms with Gasteiger partial charge in [0.25, 0.3) is 0 Å². The molecule has 0 aliphatic carbocycles. The maximum Gasteiger partial charge on any atom is 0.336 e. The van der Waals surface area contributed by atoms with E-state index < -0.39 is 5.97 Å². The Balaban J connectivity index is 2.06. The van der Waals surface area contributed by atoms with Crippen LogP contribution in [0.5, 0.6) is 0 Å². The molecule has 3 rings (SSSR count). The van der Waals surface area contributed by atoms with Crippen LogP contribution in [-0.4, -0.2) is 15.6 Å². The molecule has 0 saturated carbocycles. The minimum atomic E-state index is -0.900. The lowest BCUT2D eigenvalue weighted by molar-refractivity contribution is 0.0699. The van der Waals surface area contributed by atoms with Gasteiger partial charge in [-0.25, -0.2) is 4.79 Å². The van der Waals surface area contributed by atoms with E-state index >= 15 is 0 Å². The van der Waals surface area contributed by atoms with Crippen LogP contribution in [-0.2, 0) is 6.54 Å². The first-order valence-corrected chi connectivity index (χ1v) is 6.90. The molecule has 2 aromatic heterocycles. The number of nitrogens with zero attached hydrogens (tertiary/aromatic N) is 1. The summed E-state index contributed by atoms with van der Waals surface area (Å²) in [4.78, 5) is 12.3. The number of hydrogen-bond donors (Lipinski definition) is 1. The van der Waals surface area contributed by atoms with Crippen LogP contribution in [0.4, 0.5) is 0 Å². The number of benzene rings is 1. The van der Waals surface area contributed by atoms with Gasteiger partial charge >= 0.3 is 5.97 Å². The zero-order chi connectivity index (χ0) is 13.4. The molecule has 0 aliphatic heterocycles. The topological polar surface area (TPSA) is 42.2 Å². The summed E-state index contributed by atoms with van der Waals surface area (Å²) in [5.74, 6) is -0.900. The Hall–Kier alpha value is -1.78. The summed E-state index contributed by atoms with van der Waals surface area (Å²) in [5, 5.41) is 9.92. The van der Waals surface area contributed by atoms with E-state index in [1.807, 2.05) is 35.0 Å². The van der Waals surface area contributed by atoms with Crippen molar-refractivity contribution in [1.82, 2.24) is 4.57 Å². The molecule has 1 N–H and O–H groups in total. The second kappa shape index (κ2) is 4.72. The number of hydrogen-bond acceptors (Lipinski definition) is 2. The zero-order valence-corrected chi connectivity index (χ0v) is 11.4. The lowest BCUT2D eigenvalue weighted by Crippen LogP contribution is -1.98. The first-order valence-electron chi connectivity index (χ1n) is 5.70. The summed E-state index contributed by atoms with van der Waals surface area (Å²) >= 11 is 7.45. The number of carbonyl (C=O) groups is 1. The standard InChI is InChI=1S/C14H10ClNO2S/c15-13-5-4-9(19-13)8-16-7-6-10-11(14(17)18)2-1-3-12(10)16/h1-7H,8H2,(H,17,18). The number of aromatic carboxylic acids is 1. The van der Waals surface area contributed by atoms with Gasteiger partial charge in [0, 0.05) is 22.0 Å². The maximum absolute atomic E-state index is 11.2. The van der Waals surface area contributed by atoms with E-state index in [1.165, 1.54) is 11.3 Å². The van der Waals surface area contributed by atoms with Crippen molar-refractivity contribution in [2.24, 2.45) is 0 Å². The van der Waals surface area contributed by atoms with Crippen molar-refractivity contribution in [3.63, 3.8) is 0 Å². The largest absolute Gasteiger partial charge is 0.478 e. The highest BCUT2D eigenvalue weighted by molar-refractivity contribution is 7.16. The van der Waals surface area contributed by atoms with Gasteiger partial charge in [-0.3, -0.25) is 0 Å². The Kier molecular flexibility index (Phi) is 3.05. The molecule has 0 radical (unpaired) electrons. The lowest BCUT2D eigenvalue weighted by Gasteiger charge is -2.04. The first-order chi connectivity index (χ1) is 9.15. The Bertz CT molecular complexity index is 760. The molecule has 96 valence electrons. The fourth-order valence-corrected chi connectivity index (χ4v) is 3.24. The number of thiophene rings is 1. The average Bonchev–Trinajstić information content (AvgIpc) is 2.97. The van der Waals surface area contributed by atoms with Crippen LogP contribution in [0, 0.1) is 0 Å². The predicted molar refractivity (Wildman–Crippen MR) is 77.3 cm³/mol. The Morgan fingerprint density at radius 1 is 1.26 bits per heavy atom. The molecule has 0 atom stereocenters. The number of carboxylic acid groups (broad SMARTS) is 1. The summed E-state index contributed by atoms with van der Waals surface area (Å²) in [6.45, 7) is 0.698.